The highest BCUT2D eigenvalue weighted by Gasteiger charge is 2.46. The van der Waals surface area contributed by atoms with E-state index in [9.17, 15) is 24.3 Å². The van der Waals surface area contributed by atoms with Crippen molar-refractivity contribution in [1.29, 1.82) is 0 Å². The van der Waals surface area contributed by atoms with Crippen LogP contribution in [0.15, 0.2) is 85.4 Å². The van der Waals surface area contributed by atoms with Gasteiger partial charge in [0, 0.05) is 47.3 Å². The van der Waals surface area contributed by atoms with Gasteiger partial charge in [-0.1, -0.05) is 24.3 Å². The van der Waals surface area contributed by atoms with Crippen LogP contribution in [-0.2, 0) is 16.1 Å². The van der Waals surface area contributed by atoms with Crippen LogP contribution in [0, 0.1) is 0 Å². The minimum Gasteiger partial charge on any atom is -0.508 e. The van der Waals surface area contributed by atoms with Crippen LogP contribution in [0.4, 0.5) is 0 Å². The number of ether oxygens (including phenoxy) is 2. The van der Waals surface area contributed by atoms with Crippen molar-refractivity contribution in [3.8, 4) is 22.9 Å². The van der Waals surface area contributed by atoms with Crippen LogP contribution in [0.25, 0.3) is 5.69 Å². The van der Waals surface area contributed by atoms with E-state index in [0.29, 0.717) is 16.8 Å². The highest BCUT2D eigenvalue weighted by Crippen LogP contribution is 2.54. The molecule has 11 heteroatoms. The number of aromatic nitrogens is 3. The van der Waals surface area contributed by atoms with E-state index >= 15 is 0 Å². The summed E-state index contributed by atoms with van der Waals surface area (Å²) in [6, 6.07) is 10.7. The van der Waals surface area contributed by atoms with E-state index < -0.39 is 23.3 Å². The second-order valence-corrected chi connectivity index (χ2v) is 10.2. The second kappa shape index (κ2) is 9.12. The first-order chi connectivity index (χ1) is 18.8. The maximum absolute atomic E-state index is 13.8. The number of nitrogens with zero attached hydrogens (tertiary/aromatic N) is 3. The highest BCUT2D eigenvalue weighted by atomic mass is 79.9. The van der Waals surface area contributed by atoms with Crippen molar-refractivity contribution in [2.24, 2.45) is 0 Å². The molecule has 3 aromatic rings. The van der Waals surface area contributed by atoms with Gasteiger partial charge in [0.25, 0.3) is 0 Å². The summed E-state index contributed by atoms with van der Waals surface area (Å²) in [5, 5.41) is 10.3. The number of para-hydroxylation sites is 1. The van der Waals surface area contributed by atoms with Crippen LogP contribution >= 0.6 is 15.9 Å². The minimum absolute atomic E-state index is 0.0338. The average Bonchev–Trinajstić information content (AvgIpc) is 3.20. The fourth-order valence-electron chi connectivity index (χ4n) is 5.82. The zero-order chi connectivity index (χ0) is 27.6. The van der Waals surface area contributed by atoms with Gasteiger partial charge in [0.05, 0.1) is 37.0 Å². The monoisotopic (exact) mass is 591 g/mol. The van der Waals surface area contributed by atoms with Gasteiger partial charge in [-0.2, -0.15) is 0 Å². The highest BCUT2D eigenvalue weighted by molar-refractivity contribution is 9.12. The summed E-state index contributed by atoms with van der Waals surface area (Å²) in [4.78, 5) is 54.1. The maximum atomic E-state index is 13.8. The van der Waals surface area contributed by atoms with Crippen molar-refractivity contribution in [1.82, 2.24) is 13.9 Å². The van der Waals surface area contributed by atoms with E-state index in [-0.39, 0.29) is 57.4 Å². The molecule has 0 saturated heterocycles. The molecule has 2 aromatic carbocycles. The van der Waals surface area contributed by atoms with Gasteiger partial charge in [0.2, 0.25) is 0 Å². The predicted octanol–water partition coefficient (Wildman–Crippen LogP) is 2.92. The van der Waals surface area contributed by atoms with Gasteiger partial charge in [0.1, 0.15) is 17.2 Å². The van der Waals surface area contributed by atoms with Crippen LogP contribution in [0.1, 0.15) is 23.9 Å². The van der Waals surface area contributed by atoms with Gasteiger partial charge in [-0.15, -0.1) is 0 Å². The first kappa shape index (κ1) is 24.9. The molecule has 2 heterocycles. The third-order valence-electron chi connectivity index (χ3n) is 7.43. The molecule has 198 valence electrons. The number of carbonyl (C=O) groups excluding carboxylic acids is 2. The summed E-state index contributed by atoms with van der Waals surface area (Å²) in [5.41, 5.74) is 0.921. The number of halogens is 1. The lowest BCUT2D eigenvalue weighted by Crippen LogP contribution is -2.40. The zero-order valence-corrected chi connectivity index (χ0v) is 22.5. The molecule has 39 heavy (non-hydrogen) atoms. The van der Waals surface area contributed by atoms with Gasteiger partial charge in [0.15, 0.2) is 11.6 Å². The molecule has 6 rings (SSSR count). The summed E-state index contributed by atoms with van der Waals surface area (Å²) in [6.07, 6.45) is 3.09. The fraction of sp³-hybridized carbons (Fsp3) is 0.214. The number of hydrogen-bond donors (Lipinski definition) is 1. The number of ketones is 2. The van der Waals surface area contributed by atoms with Crippen LogP contribution in [0.2, 0.25) is 0 Å². The molecule has 2 atom stereocenters. The number of phenolic OH excluding ortho intramolecular Hbond substituents is 1. The molecule has 2 unspecified atom stereocenters. The van der Waals surface area contributed by atoms with Crippen LogP contribution < -0.4 is 20.9 Å². The van der Waals surface area contributed by atoms with Crippen LogP contribution in [0.3, 0.4) is 0 Å². The number of aromatic hydroxyl groups is 1. The molecule has 10 nitrogen and oxygen atoms in total. The largest absolute Gasteiger partial charge is 0.508 e. The Bertz CT molecular complexity index is 1760. The molecule has 2 aliphatic carbocycles. The Morgan fingerprint density at radius 2 is 1.64 bits per heavy atom. The van der Waals surface area contributed by atoms with Crippen molar-refractivity contribution in [3.63, 3.8) is 0 Å². The molecule has 0 saturated carbocycles. The summed E-state index contributed by atoms with van der Waals surface area (Å²) in [5.74, 6) is -1.19. The standard InChI is InChI=1S/C28H22BrN3O7/c1-38-21-10-15(33)11-22(39-2)25(21)24-16-8-9-30-27(36)31(14-6-4-3-5-7-14)28(37)32(30)19(16)12-17-23(24)20(34)13-18(29)26(17)35/h3-8,10-11,13,19,24,33H,9,12H2,1-2H3. The minimum atomic E-state index is -0.839. The molecular formula is C28H22BrN3O7. The first-order valence-electron chi connectivity index (χ1n) is 12.1. The van der Waals surface area contributed by atoms with Gasteiger partial charge >= 0.3 is 11.4 Å². The number of methoxy groups -OCH3 is 2. The number of fused-ring (bicyclic) bond motifs is 3. The Morgan fingerprint density at radius 3 is 2.28 bits per heavy atom. The van der Waals surface area contributed by atoms with Crippen molar-refractivity contribution >= 4 is 27.5 Å². The molecule has 0 fully saturated rings. The summed E-state index contributed by atoms with van der Waals surface area (Å²) in [6.45, 7) is 0.0727. The number of hydrogen-bond acceptors (Lipinski definition) is 7. The molecule has 1 N–H and O–H groups in total. The van der Waals surface area contributed by atoms with Gasteiger partial charge in [-0.3, -0.25) is 9.59 Å². The summed E-state index contributed by atoms with van der Waals surface area (Å²) >= 11 is 3.21. The molecule has 1 aromatic heterocycles. The van der Waals surface area contributed by atoms with E-state index in [2.05, 4.69) is 15.9 Å². The zero-order valence-electron chi connectivity index (χ0n) is 20.9. The summed E-state index contributed by atoms with van der Waals surface area (Å²) < 4.78 is 15.1. The number of Topliss-reactive ketones (excluding diaryl/α,β-unsaturated/α-hetero) is 1. The van der Waals surface area contributed by atoms with E-state index in [1.54, 1.807) is 30.3 Å². The van der Waals surface area contributed by atoms with Crippen molar-refractivity contribution in [3.05, 3.63) is 102 Å². The van der Waals surface area contributed by atoms with Gasteiger partial charge in [-0.25, -0.2) is 23.5 Å². The number of carbonyl (C=O) groups is 2. The normalized spacial score (nSPS) is 20.1. The Morgan fingerprint density at radius 1 is 0.974 bits per heavy atom. The first-order valence-corrected chi connectivity index (χ1v) is 12.9. The number of benzene rings is 2. The van der Waals surface area contributed by atoms with Gasteiger partial charge < -0.3 is 14.6 Å². The molecule has 3 aliphatic rings. The smallest absolute Gasteiger partial charge is 0.352 e. The second-order valence-electron chi connectivity index (χ2n) is 9.36. The van der Waals surface area contributed by atoms with Crippen LogP contribution in [0.5, 0.6) is 17.2 Å². The van der Waals surface area contributed by atoms with Crippen molar-refractivity contribution in [2.75, 3.05) is 14.2 Å². The van der Waals surface area contributed by atoms with E-state index in [1.165, 1.54) is 41.8 Å². The third-order valence-corrected chi connectivity index (χ3v) is 8.02. The molecule has 0 bridgehead atoms. The van der Waals surface area contributed by atoms with Crippen LogP contribution in [-0.4, -0.2) is 44.8 Å². The SMILES string of the molecule is COc1cc(O)cc(OC)c1C1C2=CCn3c(=O)n(-c4ccccc4)c(=O)n3C2CC2=C1C(=O)C=C(Br)C2=O. The summed E-state index contributed by atoms with van der Waals surface area (Å²) in [7, 11) is 2.85. The lowest BCUT2D eigenvalue weighted by atomic mass is 9.68. The molecule has 0 amide bonds. The topological polar surface area (TPSA) is 122 Å². The van der Waals surface area contributed by atoms with Gasteiger partial charge in [-0.05, 0) is 33.6 Å². The lowest BCUT2D eigenvalue weighted by molar-refractivity contribution is -0.115. The predicted molar refractivity (Wildman–Crippen MR) is 144 cm³/mol. The van der Waals surface area contributed by atoms with E-state index in [1.807, 2.05) is 6.08 Å². The third kappa shape index (κ3) is 3.60. The average molecular weight is 592 g/mol. The Hall–Kier alpha value is -4.38. The number of allylic oxidation sites excluding steroid dienone is 6. The van der Waals surface area contributed by atoms with Crippen molar-refractivity contribution in [2.45, 2.75) is 24.9 Å². The Balaban J connectivity index is 1.64. The van der Waals surface area contributed by atoms with E-state index in [4.69, 9.17) is 9.47 Å². The molecule has 0 spiro atoms. The quantitative estimate of drug-likeness (QED) is 0.365. The fourth-order valence-corrected chi connectivity index (χ4v) is 6.26. The van der Waals surface area contributed by atoms with E-state index in [0.717, 1.165) is 4.57 Å². The maximum Gasteiger partial charge on any atom is 0.352 e. The Kier molecular flexibility index (Phi) is 5.83. The molecule has 0 radical (unpaired) electrons. The molecule has 1 aliphatic heterocycles. The number of phenols is 1. The Labute approximate surface area is 229 Å². The van der Waals surface area contributed by atoms with Crippen molar-refractivity contribution < 1.29 is 24.2 Å². The molecular weight excluding hydrogens is 570 g/mol. The lowest BCUT2D eigenvalue weighted by Gasteiger charge is -2.40. The number of rotatable bonds is 4.